The van der Waals surface area contributed by atoms with Crippen molar-refractivity contribution in [3.8, 4) is 22.6 Å². The Hall–Kier alpha value is -3.52. The Balaban J connectivity index is 1.62. The number of methoxy groups -OCH3 is 1. The number of carbonyl (C=O) groups excluding carboxylic acids is 1. The fourth-order valence-electron chi connectivity index (χ4n) is 4.16. The minimum Gasteiger partial charge on any atom is -0.493 e. The quantitative estimate of drug-likeness (QED) is 0.527. The lowest BCUT2D eigenvalue weighted by Crippen LogP contribution is -2.26. The lowest BCUT2D eigenvalue weighted by atomic mass is 9.93. The molecule has 1 amide bonds. The Kier molecular flexibility index (Phi) is 6.79. The van der Waals surface area contributed by atoms with Gasteiger partial charge < -0.3 is 19.9 Å². The van der Waals surface area contributed by atoms with Gasteiger partial charge in [0.05, 0.1) is 19.3 Å². The van der Waals surface area contributed by atoms with Gasteiger partial charge in [-0.05, 0) is 41.0 Å². The Bertz CT molecular complexity index is 1190. The number of carbonyl (C=O) groups is 1. The highest BCUT2D eigenvalue weighted by molar-refractivity contribution is 5.95. The number of halogens is 3. The van der Waals surface area contributed by atoms with Crippen LogP contribution in [0.25, 0.3) is 11.1 Å². The van der Waals surface area contributed by atoms with Crippen LogP contribution < -0.4 is 14.8 Å². The van der Waals surface area contributed by atoms with E-state index in [0.717, 1.165) is 28.8 Å². The first-order valence-electron chi connectivity index (χ1n) is 10.8. The Labute approximate surface area is 195 Å². The van der Waals surface area contributed by atoms with Crippen molar-refractivity contribution in [2.24, 2.45) is 0 Å². The zero-order valence-electron chi connectivity index (χ0n) is 18.5. The van der Waals surface area contributed by atoms with Gasteiger partial charge in [0, 0.05) is 30.5 Å². The van der Waals surface area contributed by atoms with E-state index in [1.165, 1.54) is 13.2 Å². The van der Waals surface area contributed by atoms with E-state index in [4.69, 9.17) is 14.6 Å². The van der Waals surface area contributed by atoms with Gasteiger partial charge in [-0.3, -0.25) is 4.79 Å². The van der Waals surface area contributed by atoms with Gasteiger partial charge in [0.15, 0.2) is 11.5 Å². The lowest BCUT2D eigenvalue weighted by Gasteiger charge is -2.14. The summed E-state index contributed by atoms with van der Waals surface area (Å²) in [6.07, 6.45) is -3.96. The normalized spacial score (nSPS) is 14.9. The summed E-state index contributed by atoms with van der Waals surface area (Å²) in [6.45, 7) is 0.00801. The van der Waals surface area contributed by atoms with Crippen LogP contribution in [0.1, 0.15) is 27.0 Å². The van der Waals surface area contributed by atoms with Crippen LogP contribution in [0.4, 0.5) is 13.2 Å². The maximum atomic E-state index is 13.1. The van der Waals surface area contributed by atoms with Gasteiger partial charge in [0.2, 0.25) is 0 Å². The van der Waals surface area contributed by atoms with Crippen LogP contribution in [-0.2, 0) is 19.0 Å². The minimum absolute atomic E-state index is 0.151. The molecule has 0 saturated heterocycles. The molecule has 4 rings (SSSR count). The van der Waals surface area contributed by atoms with Crippen molar-refractivity contribution >= 4 is 5.91 Å². The topological polar surface area (TPSA) is 67.8 Å². The first kappa shape index (κ1) is 23.6. The molecule has 0 aliphatic carbocycles. The van der Waals surface area contributed by atoms with Gasteiger partial charge in [0.25, 0.3) is 5.91 Å². The first-order chi connectivity index (χ1) is 16.3. The molecule has 1 atom stereocenters. The van der Waals surface area contributed by atoms with E-state index in [1.807, 2.05) is 12.1 Å². The number of amides is 1. The van der Waals surface area contributed by atoms with Crippen molar-refractivity contribution < 1.29 is 32.5 Å². The number of hydrogen-bond donors (Lipinski definition) is 2. The summed E-state index contributed by atoms with van der Waals surface area (Å²) < 4.78 is 50.9. The lowest BCUT2D eigenvalue weighted by molar-refractivity contribution is -0.137. The number of aliphatic hydroxyl groups is 1. The fourth-order valence-corrected chi connectivity index (χ4v) is 4.16. The molecule has 1 aliphatic rings. The maximum Gasteiger partial charge on any atom is 0.416 e. The first-order valence-corrected chi connectivity index (χ1v) is 10.8. The molecular formula is C26H24F3NO4. The van der Waals surface area contributed by atoms with Gasteiger partial charge in [-0.2, -0.15) is 13.2 Å². The highest BCUT2D eigenvalue weighted by atomic mass is 19.4. The van der Waals surface area contributed by atoms with Crippen molar-refractivity contribution in [1.82, 2.24) is 5.32 Å². The van der Waals surface area contributed by atoms with E-state index in [9.17, 15) is 18.0 Å². The van der Waals surface area contributed by atoms with E-state index in [2.05, 4.69) is 5.32 Å². The molecule has 2 N–H and O–H groups in total. The van der Waals surface area contributed by atoms with Crippen LogP contribution in [0.5, 0.6) is 11.5 Å². The van der Waals surface area contributed by atoms with Crippen LogP contribution in [0.15, 0.2) is 60.7 Å². The van der Waals surface area contributed by atoms with Crippen LogP contribution in [0, 0.1) is 0 Å². The highest BCUT2D eigenvalue weighted by Crippen LogP contribution is 2.44. The Morgan fingerprint density at radius 2 is 1.94 bits per heavy atom. The third-order valence-corrected chi connectivity index (χ3v) is 5.71. The predicted molar refractivity (Wildman–Crippen MR) is 121 cm³/mol. The summed E-state index contributed by atoms with van der Waals surface area (Å²) in [5.41, 5.74) is 2.85. The van der Waals surface area contributed by atoms with E-state index in [-0.39, 0.29) is 25.2 Å². The molecule has 0 bridgehead atoms. The summed E-state index contributed by atoms with van der Waals surface area (Å²) in [5, 5.41) is 11.6. The summed E-state index contributed by atoms with van der Waals surface area (Å²) in [4.78, 5) is 12.3. The van der Waals surface area contributed by atoms with Gasteiger partial charge in [0.1, 0.15) is 6.10 Å². The van der Waals surface area contributed by atoms with Crippen molar-refractivity contribution in [3.63, 3.8) is 0 Å². The number of benzene rings is 3. The number of aliphatic hydroxyl groups excluding tert-OH is 1. The van der Waals surface area contributed by atoms with E-state index in [1.54, 1.807) is 30.3 Å². The summed E-state index contributed by atoms with van der Waals surface area (Å²) in [6, 6.07) is 16.0. The second kappa shape index (κ2) is 9.77. The van der Waals surface area contributed by atoms with Gasteiger partial charge in [-0.15, -0.1) is 0 Å². The molecule has 5 nitrogen and oxygen atoms in total. The molecule has 0 saturated carbocycles. The number of alkyl halides is 3. The van der Waals surface area contributed by atoms with Crippen LogP contribution in [-0.4, -0.2) is 37.4 Å². The molecule has 8 heteroatoms. The van der Waals surface area contributed by atoms with Crippen LogP contribution in [0.2, 0.25) is 0 Å². The largest absolute Gasteiger partial charge is 0.493 e. The second-order valence-electron chi connectivity index (χ2n) is 8.03. The molecule has 0 spiro atoms. The molecule has 3 aromatic rings. The molecular weight excluding hydrogens is 447 g/mol. The molecule has 3 aromatic carbocycles. The monoisotopic (exact) mass is 471 g/mol. The van der Waals surface area contributed by atoms with Gasteiger partial charge in [-0.1, -0.05) is 36.4 Å². The third-order valence-electron chi connectivity index (χ3n) is 5.71. The molecule has 1 unspecified atom stereocenters. The van der Waals surface area contributed by atoms with E-state index < -0.39 is 11.7 Å². The van der Waals surface area contributed by atoms with Crippen molar-refractivity contribution in [1.29, 1.82) is 0 Å². The Morgan fingerprint density at radius 1 is 1.15 bits per heavy atom. The zero-order valence-corrected chi connectivity index (χ0v) is 18.5. The smallest absolute Gasteiger partial charge is 0.416 e. The molecule has 0 fully saturated rings. The van der Waals surface area contributed by atoms with Gasteiger partial charge >= 0.3 is 6.18 Å². The molecule has 0 radical (unpaired) electrons. The number of nitrogens with one attached hydrogen (secondary N) is 1. The van der Waals surface area contributed by atoms with Crippen molar-refractivity contribution in [2.45, 2.75) is 25.1 Å². The van der Waals surface area contributed by atoms with Crippen molar-refractivity contribution in [3.05, 3.63) is 82.9 Å². The Morgan fingerprint density at radius 3 is 2.68 bits per heavy atom. The van der Waals surface area contributed by atoms with Crippen LogP contribution in [0.3, 0.4) is 0 Å². The molecule has 1 heterocycles. The SMILES string of the molecule is COc1ccc(-c2cccc(C(=O)NCCO)c2)c2c1OC(Cc1cccc(C(F)(F)F)c1)C2. The minimum atomic E-state index is -4.40. The summed E-state index contributed by atoms with van der Waals surface area (Å²) in [5.74, 6) is 0.814. The molecule has 34 heavy (non-hydrogen) atoms. The predicted octanol–water partition coefficient (Wildman–Crippen LogP) is 4.65. The summed E-state index contributed by atoms with van der Waals surface area (Å²) >= 11 is 0. The average Bonchev–Trinajstić information content (AvgIpc) is 3.25. The van der Waals surface area contributed by atoms with E-state index >= 15 is 0 Å². The molecule has 1 aliphatic heterocycles. The molecule has 178 valence electrons. The van der Waals surface area contributed by atoms with E-state index in [0.29, 0.717) is 35.5 Å². The van der Waals surface area contributed by atoms with Crippen molar-refractivity contribution in [2.75, 3.05) is 20.3 Å². The average molecular weight is 471 g/mol. The number of rotatable bonds is 7. The number of ether oxygens (including phenoxy) is 2. The second-order valence-corrected chi connectivity index (χ2v) is 8.03. The third kappa shape index (κ3) is 5.02. The van der Waals surface area contributed by atoms with Crippen LogP contribution >= 0.6 is 0 Å². The highest BCUT2D eigenvalue weighted by Gasteiger charge is 2.32. The summed E-state index contributed by atoms with van der Waals surface area (Å²) in [7, 11) is 1.53. The number of hydrogen-bond acceptors (Lipinski definition) is 4. The zero-order chi connectivity index (χ0) is 24.3. The maximum absolute atomic E-state index is 13.1. The molecule has 0 aromatic heterocycles. The number of fused-ring (bicyclic) bond motifs is 1. The van der Waals surface area contributed by atoms with Gasteiger partial charge in [-0.25, -0.2) is 0 Å². The standard InChI is InChI=1S/C26H24F3NO4/c1-33-23-9-8-21(17-5-3-6-18(14-17)25(32)30-10-11-31)22-15-20(34-24(22)23)13-16-4-2-7-19(12-16)26(27,28)29/h2-9,12,14,20,31H,10-11,13,15H2,1H3,(H,30,32). The fraction of sp³-hybridized carbons (Fsp3) is 0.269.